The van der Waals surface area contributed by atoms with E-state index in [1.54, 1.807) is 19.2 Å². The molecule has 0 aliphatic rings. The number of rotatable bonds is 2. The lowest BCUT2D eigenvalue weighted by Crippen LogP contribution is -1.83. The van der Waals surface area contributed by atoms with Gasteiger partial charge in [0.25, 0.3) is 0 Å². The molecule has 0 amide bonds. The maximum Gasteiger partial charge on any atom is 0.134 e. The van der Waals surface area contributed by atoms with Crippen molar-refractivity contribution in [2.24, 2.45) is 0 Å². The first-order valence-corrected chi connectivity index (χ1v) is 6.62. The fraction of sp³-hybridized carbons (Fsp3) is 0.0588. The maximum atomic E-state index is 9.69. The Balaban J connectivity index is 2.10. The molecule has 0 heterocycles. The van der Waals surface area contributed by atoms with Crippen molar-refractivity contribution in [1.29, 1.82) is 0 Å². The van der Waals surface area contributed by atoms with E-state index in [0.29, 0.717) is 5.02 Å². The molecule has 0 unspecified atom stereocenters. The topological polar surface area (TPSA) is 29.5 Å². The number of phenolic OH excluding ortho intramolecular Hbond substituents is 1. The Bertz CT molecular complexity index is 781. The predicted molar refractivity (Wildman–Crippen MR) is 82.6 cm³/mol. The molecule has 0 aliphatic heterocycles. The fourth-order valence-electron chi connectivity index (χ4n) is 2.22. The van der Waals surface area contributed by atoms with Crippen molar-refractivity contribution in [3.63, 3.8) is 0 Å². The molecule has 3 aromatic carbocycles. The minimum Gasteiger partial charge on any atom is -0.506 e. The summed E-state index contributed by atoms with van der Waals surface area (Å²) in [6.45, 7) is 0. The van der Waals surface area contributed by atoms with Crippen LogP contribution >= 0.6 is 11.6 Å². The highest BCUT2D eigenvalue weighted by Crippen LogP contribution is 2.31. The summed E-state index contributed by atoms with van der Waals surface area (Å²) >= 11 is 5.83. The summed E-state index contributed by atoms with van der Waals surface area (Å²) in [5.41, 5.74) is 1.97. The second-order valence-corrected chi connectivity index (χ2v) is 5.00. The smallest absolute Gasteiger partial charge is 0.134 e. The first-order valence-electron chi connectivity index (χ1n) is 6.24. The third-order valence-electron chi connectivity index (χ3n) is 3.33. The van der Waals surface area contributed by atoms with Crippen molar-refractivity contribution in [2.75, 3.05) is 7.11 Å². The number of phenols is 1. The highest BCUT2D eigenvalue weighted by atomic mass is 35.5. The average Bonchev–Trinajstić information content (AvgIpc) is 2.49. The Labute approximate surface area is 122 Å². The molecular weight excluding hydrogens is 272 g/mol. The zero-order valence-corrected chi connectivity index (χ0v) is 11.7. The Kier molecular flexibility index (Phi) is 3.25. The molecule has 0 saturated heterocycles. The van der Waals surface area contributed by atoms with Crippen LogP contribution < -0.4 is 4.74 Å². The van der Waals surface area contributed by atoms with Gasteiger partial charge in [0.15, 0.2) is 0 Å². The van der Waals surface area contributed by atoms with Gasteiger partial charge in [-0.1, -0.05) is 35.9 Å². The number of ether oxygens (including phenoxy) is 1. The van der Waals surface area contributed by atoms with E-state index in [4.69, 9.17) is 16.3 Å². The van der Waals surface area contributed by atoms with Crippen molar-refractivity contribution >= 4 is 22.4 Å². The highest BCUT2D eigenvalue weighted by Gasteiger charge is 2.04. The number of halogens is 1. The zero-order chi connectivity index (χ0) is 14.1. The Morgan fingerprint density at radius 2 is 1.50 bits per heavy atom. The van der Waals surface area contributed by atoms with E-state index in [0.717, 1.165) is 27.6 Å². The number of benzene rings is 3. The van der Waals surface area contributed by atoms with Crippen molar-refractivity contribution in [1.82, 2.24) is 0 Å². The van der Waals surface area contributed by atoms with Gasteiger partial charge in [-0.25, -0.2) is 0 Å². The summed E-state index contributed by atoms with van der Waals surface area (Å²) in [6, 6.07) is 17.4. The van der Waals surface area contributed by atoms with Crippen LogP contribution in [0.25, 0.3) is 21.9 Å². The van der Waals surface area contributed by atoms with Gasteiger partial charge in [0.2, 0.25) is 0 Å². The van der Waals surface area contributed by atoms with E-state index in [2.05, 4.69) is 6.07 Å². The summed E-state index contributed by atoms with van der Waals surface area (Å²) in [4.78, 5) is 0. The summed E-state index contributed by atoms with van der Waals surface area (Å²) < 4.78 is 5.22. The third kappa shape index (κ3) is 2.30. The quantitative estimate of drug-likeness (QED) is 0.727. The standard InChI is InChI=1S/C17H13ClO2/c1-20-15-6-4-12-8-11(2-3-13(12)9-15)14-5-7-16(18)17(19)10-14/h2-10,19H,1H3. The third-order valence-corrected chi connectivity index (χ3v) is 3.65. The molecule has 0 aliphatic carbocycles. The Morgan fingerprint density at radius 1 is 0.850 bits per heavy atom. The first-order chi connectivity index (χ1) is 9.67. The lowest BCUT2D eigenvalue weighted by Gasteiger charge is -2.07. The van der Waals surface area contributed by atoms with Gasteiger partial charge in [0.1, 0.15) is 11.5 Å². The maximum absolute atomic E-state index is 9.69. The molecule has 3 heteroatoms. The van der Waals surface area contributed by atoms with Crippen LogP contribution in [0.1, 0.15) is 0 Å². The molecule has 0 radical (unpaired) electrons. The number of methoxy groups -OCH3 is 1. The van der Waals surface area contributed by atoms with Gasteiger partial charge in [-0.05, 0) is 52.2 Å². The number of hydrogen-bond acceptors (Lipinski definition) is 2. The average molecular weight is 285 g/mol. The van der Waals surface area contributed by atoms with Gasteiger partial charge in [-0.2, -0.15) is 0 Å². The molecule has 0 spiro atoms. The molecule has 0 atom stereocenters. The fourth-order valence-corrected chi connectivity index (χ4v) is 2.34. The number of hydrogen-bond donors (Lipinski definition) is 1. The highest BCUT2D eigenvalue weighted by molar-refractivity contribution is 6.32. The Hall–Kier alpha value is -2.19. The molecule has 100 valence electrons. The van der Waals surface area contributed by atoms with E-state index in [1.807, 2.05) is 36.4 Å². The van der Waals surface area contributed by atoms with Gasteiger partial charge < -0.3 is 9.84 Å². The molecule has 20 heavy (non-hydrogen) atoms. The van der Waals surface area contributed by atoms with Crippen LogP contribution in [-0.2, 0) is 0 Å². The lowest BCUT2D eigenvalue weighted by atomic mass is 10.0. The van der Waals surface area contributed by atoms with E-state index in [-0.39, 0.29) is 5.75 Å². The minimum atomic E-state index is 0.0963. The van der Waals surface area contributed by atoms with Crippen molar-refractivity contribution in [2.45, 2.75) is 0 Å². The van der Waals surface area contributed by atoms with E-state index in [1.165, 1.54) is 0 Å². The predicted octanol–water partition coefficient (Wildman–Crippen LogP) is 4.87. The first kappa shape index (κ1) is 12.8. The van der Waals surface area contributed by atoms with Crippen molar-refractivity contribution < 1.29 is 9.84 Å². The summed E-state index contributed by atoms with van der Waals surface area (Å²) in [5.74, 6) is 0.938. The monoisotopic (exact) mass is 284 g/mol. The van der Waals surface area contributed by atoms with Gasteiger partial charge in [0.05, 0.1) is 12.1 Å². The summed E-state index contributed by atoms with van der Waals surface area (Å²) in [5, 5.41) is 12.3. The van der Waals surface area contributed by atoms with Crippen molar-refractivity contribution in [3.8, 4) is 22.6 Å². The van der Waals surface area contributed by atoms with Crippen LogP contribution in [0.15, 0.2) is 54.6 Å². The van der Waals surface area contributed by atoms with E-state index >= 15 is 0 Å². The molecular formula is C17H13ClO2. The van der Waals surface area contributed by atoms with E-state index < -0.39 is 0 Å². The van der Waals surface area contributed by atoms with Crippen LogP contribution in [0.4, 0.5) is 0 Å². The van der Waals surface area contributed by atoms with Gasteiger partial charge in [-0.15, -0.1) is 0 Å². The number of aromatic hydroxyl groups is 1. The van der Waals surface area contributed by atoms with Crippen LogP contribution in [-0.4, -0.2) is 12.2 Å². The normalized spacial score (nSPS) is 10.7. The van der Waals surface area contributed by atoms with E-state index in [9.17, 15) is 5.11 Å². The van der Waals surface area contributed by atoms with Crippen LogP contribution in [0.3, 0.4) is 0 Å². The summed E-state index contributed by atoms with van der Waals surface area (Å²) in [6.07, 6.45) is 0. The largest absolute Gasteiger partial charge is 0.506 e. The van der Waals surface area contributed by atoms with Gasteiger partial charge >= 0.3 is 0 Å². The van der Waals surface area contributed by atoms with Gasteiger partial charge in [0, 0.05) is 0 Å². The zero-order valence-electron chi connectivity index (χ0n) is 10.9. The molecule has 0 saturated carbocycles. The van der Waals surface area contributed by atoms with Crippen LogP contribution in [0.5, 0.6) is 11.5 Å². The molecule has 0 aromatic heterocycles. The number of fused-ring (bicyclic) bond motifs is 1. The molecule has 0 bridgehead atoms. The van der Waals surface area contributed by atoms with Crippen LogP contribution in [0, 0.1) is 0 Å². The lowest BCUT2D eigenvalue weighted by molar-refractivity contribution is 0.415. The van der Waals surface area contributed by atoms with Crippen LogP contribution in [0.2, 0.25) is 5.02 Å². The van der Waals surface area contributed by atoms with Gasteiger partial charge in [-0.3, -0.25) is 0 Å². The molecule has 2 nitrogen and oxygen atoms in total. The molecule has 3 rings (SSSR count). The molecule has 0 fully saturated rings. The SMILES string of the molecule is COc1ccc2cc(-c3ccc(Cl)c(O)c3)ccc2c1. The van der Waals surface area contributed by atoms with Crippen molar-refractivity contribution in [3.05, 3.63) is 59.6 Å². The summed E-state index contributed by atoms with van der Waals surface area (Å²) in [7, 11) is 1.66. The second-order valence-electron chi connectivity index (χ2n) is 4.59. The second kappa shape index (κ2) is 5.06. The molecule has 3 aromatic rings. The molecule has 1 N–H and O–H groups in total. The minimum absolute atomic E-state index is 0.0963. The Morgan fingerprint density at radius 3 is 2.25 bits per heavy atom.